The third kappa shape index (κ3) is 2.99. The van der Waals surface area contributed by atoms with E-state index in [2.05, 4.69) is 6.92 Å². The number of rotatable bonds is 4. The number of hydrogen-bond acceptors (Lipinski definition) is 3. The summed E-state index contributed by atoms with van der Waals surface area (Å²) >= 11 is 0. The third-order valence-electron chi connectivity index (χ3n) is 2.56. The summed E-state index contributed by atoms with van der Waals surface area (Å²) in [6.45, 7) is 4.32. The van der Waals surface area contributed by atoms with E-state index in [0.717, 1.165) is 12.8 Å². The summed E-state index contributed by atoms with van der Waals surface area (Å²) in [6.07, 6.45) is 2.55. The molecule has 3 heteroatoms. The van der Waals surface area contributed by atoms with Gasteiger partial charge >= 0.3 is 5.97 Å². The lowest BCUT2D eigenvalue weighted by Gasteiger charge is -2.42. The molecule has 0 heterocycles. The number of hydrogen-bond donors (Lipinski definition) is 1. The van der Waals surface area contributed by atoms with E-state index in [1.165, 1.54) is 0 Å². The van der Waals surface area contributed by atoms with Crippen molar-refractivity contribution in [1.82, 2.24) is 0 Å². The van der Waals surface area contributed by atoms with Crippen LogP contribution < -0.4 is 0 Å². The lowest BCUT2D eigenvalue weighted by atomic mass is 9.70. The molecule has 0 aromatic rings. The van der Waals surface area contributed by atoms with Gasteiger partial charge in [-0.05, 0) is 32.1 Å². The predicted molar refractivity (Wildman–Crippen MR) is 49.2 cm³/mol. The predicted octanol–water partition coefficient (Wildman–Crippen LogP) is 1.49. The van der Waals surface area contributed by atoms with Crippen molar-refractivity contribution in [2.45, 2.75) is 45.1 Å². The van der Waals surface area contributed by atoms with E-state index in [0.29, 0.717) is 25.4 Å². The quantitative estimate of drug-likeness (QED) is 0.677. The number of carbonyl (C=O) groups excluding carboxylic acids is 1. The first-order chi connectivity index (χ1) is 6.06. The van der Waals surface area contributed by atoms with Crippen molar-refractivity contribution in [2.75, 3.05) is 6.61 Å². The van der Waals surface area contributed by atoms with Gasteiger partial charge in [0.25, 0.3) is 0 Å². The third-order valence-corrected chi connectivity index (χ3v) is 2.56. The summed E-state index contributed by atoms with van der Waals surface area (Å²) in [7, 11) is 0. The molecule has 1 fully saturated rings. The Balaban J connectivity index is 2.15. The fourth-order valence-electron chi connectivity index (χ4n) is 2.01. The van der Waals surface area contributed by atoms with Crippen LogP contribution >= 0.6 is 0 Å². The normalized spacial score (nSPS) is 32.4. The topological polar surface area (TPSA) is 46.5 Å². The van der Waals surface area contributed by atoms with Crippen LogP contribution in [0.3, 0.4) is 0 Å². The average Bonchev–Trinajstić information content (AvgIpc) is 1.99. The van der Waals surface area contributed by atoms with Gasteiger partial charge in [0.2, 0.25) is 0 Å². The highest BCUT2D eigenvalue weighted by Crippen LogP contribution is 2.40. The number of esters is 1. The summed E-state index contributed by atoms with van der Waals surface area (Å²) in [5.74, 6) is 0.405. The van der Waals surface area contributed by atoms with E-state index in [1.807, 2.05) is 0 Å². The van der Waals surface area contributed by atoms with Gasteiger partial charge in [0.05, 0.1) is 12.2 Å². The fourth-order valence-corrected chi connectivity index (χ4v) is 2.01. The second-order valence-corrected chi connectivity index (χ2v) is 4.04. The Kier molecular flexibility index (Phi) is 3.31. The van der Waals surface area contributed by atoms with Crippen molar-refractivity contribution >= 4 is 5.97 Å². The van der Waals surface area contributed by atoms with Crippen molar-refractivity contribution in [1.29, 1.82) is 0 Å². The maximum Gasteiger partial charge on any atom is 0.305 e. The van der Waals surface area contributed by atoms with E-state index < -0.39 is 5.60 Å². The number of carbonyl (C=O) groups is 1. The van der Waals surface area contributed by atoms with Crippen molar-refractivity contribution in [2.24, 2.45) is 5.92 Å². The van der Waals surface area contributed by atoms with E-state index in [4.69, 9.17) is 4.74 Å². The van der Waals surface area contributed by atoms with Crippen LogP contribution in [0.15, 0.2) is 0 Å². The van der Waals surface area contributed by atoms with Crippen LogP contribution in [0.5, 0.6) is 0 Å². The first kappa shape index (κ1) is 10.5. The zero-order chi connectivity index (χ0) is 9.90. The zero-order valence-corrected chi connectivity index (χ0v) is 8.38. The SMILES string of the molecule is CCOC(=O)CCC1(O)CC(C)C1. The Morgan fingerprint density at radius 1 is 1.62 bits per heavy atom. The molecule has 0 aromatic heterocycles. The van der Waals surface area contributed by atoms with Crippen LogP contribution in [0.4, 0.5) is 0 Å². The van der Waals surface area contributed by atoms with Gasteiger partial charge in [-0.1, -0.05) is 6.92 Å². The van der Waals surface area contributed by atoms with Gasteiger partial charge in [0.1, 0.15) is 0 Å². The van der Waals surface area contributed by atoms with Crippen molar-refractivity contribution in [3.8, 4) is 0 Å². The maximum absolute atomic E-state index is 11.0. The van der Waals surface area contributed by atoms with E-state index in [9.17, 15) is 9.90 Å². The minimum atomic E-state index is -0.577. The van der Waals surface area contributed by atoms with Gasteiger partial charge in [0.15, 0.2) is 0 Å². The Labute approximate surface area is 79.1 Å². The smallest absolute Gasteiger partial charge is 0.305 e. The monoisotopic (exact) mass is 186 g/mol. The molecule has 3 nitrogen and oxygen atoms in total. The van der Waals surface area contributed by atoms with Gasteiger partial charge in [-0.3, -0.25) is 4.79 Å². The second kappa shape index (κ2) is 4.09. The van der Waals surface area contributed by atoms with Gasteiger partial charge in [0, 0.05) is 6.42 Å². The molecule has 0 bridgehead atoms. The zero-order valence-electron chi connectivity index (χ0n) is 8.38. The van der Waals surface area contributed by atoms with Gasteiger partial charge in [-0.2, -0.15) is 0 Å². The number of aliphatic hydroxyl groups is 1. The molecule has 0 atom stereocenters. The van der Waals surface area contributed by atoms with Crippen molar-refractivity contribution in [3.05, 3.63) is 0 Å². The molecule has 0 spiro atoms. The maximum atomic E-state index is 11.0. The van der Waals surface area contributed by atoms with Gasteiger partial charge in [-0.25, -0.2) is 0 Å². The molecule has 13 heavy (non-hydrogen) atoms. The molecule has 1 saturated carbocycles. The standard InChI is InChI=1S/C10H18O3/c1-3-13-9(11)4-5-10(12)6-8(2)7-10/h8,12H,3-7H2,1-2H3. The molecule has 1 N–H and O–H groups in total. The molecule has 76 valence electrons. The largest absolute Gasteiger partial charge is 0.466 e. The highest BCUT2D eigenvalue weighted by molar-refractivity contribution is 5.69. The molecule has 0 amide bonds. The average molecular weight is 186 g/mol. The molecule has 1 rings (SSSR count). The molecular weight excluding hydrogens is 168 g/mol. The second-order valence-electron chi connectivity index (χ2n) is 4.04. The van der Waals surface area contributed by atoms with Gasteiger partial charge in [-0.15, -0.1) is 0 Å². The van der Waals surface area contributed by atoms with Crippen LogP contribution in [-0.2, 0) is 9.53 Å². The van der Waals surface area contributed by atoms with Crippen LogP contribution in [-0.4, -0.2) is 23.3 Å². The lowest BCUT2D eigenvalue weighted by molar-refractivity contribution is -0.146. The van der Waals surface area contributed by atoms with E-state index >= 15 is 0 Å². The van der Waals surface area contributed by atoms with Gasteiger partial charge < -0.3 is 9.84 Å². The molecule has 0 unspecified atom stereocenters. The summed E-state index contributed by atoms with van der Waals surface area (Å²) < 4.78 is 4.78. The van der Waals surface area contributed by atoms with Crippen LogP contribution in [0.2, 0.25) is 0 Å². The number of ether oxygens (including phenoxy) is 1. The van der Waals surface area contributed by atoms with E-state index in [1.54, 1.807) is 6.92 Å². The first-order valence-electron chi connectivity index (χ1n) is 4.94. The van der Waals surface area contributed by atoms with Crippen LogP contribution in [0.25, 0.3) is 0 Å². The summed E-state index contributed by atoms with van der Waals surface area (Å²) in [5, 5.41) is 9.79. The lowest BCUT2D eigenvalue weighted by Crippen LogP contribution is -2.42. The molecular formula is C10H18O3. The molecule has 0 radical (unpaired) electrons. The summed E-state index contributed by atoms with van der Waals surface area (Å²) in [5.41, 5.74) is -0.577. The molecule has 0 saturated heterocycles. The van der Waals surface area contributed by atoms with E-state index in [-0.39, 0.29) is 5.97 Å². The summed E-state index contributed by atoms with van der Waals surface area (Å²) in [4.78, 5) is 11.0. The minimum Gasteiger partial charge on any atom is -0.466 e. The highest BCUT2D eigenvalue weighted by atomic mass is 16.5. The molecule has 1 aliphatic carbocycles. The molecule has 1 aliphatic rings. The minimum absolute atomic E-state index is 0.199. The Morgan fingerprint density at radius 2 is 2.23 bits per heavy atom. The Bertz CT molecular complexity index is 183. The van der Waals surface area contributed by atoms with Crippen molar-refractivity contribution in [3.63, 3.8) is 0 Å². The summed E-state index contributed by atoms with van der Waals surface area (Å²) in [6, 6.07) is 0. The van der Waals surface area contributed by atoms with Crippen LogP contribution in [0.1, 0.15) is 39.5 Å². The molecule has 0 aliphatic heterocycles. The van der Waals surface area contributed by atoms with Crippen LogP contribution in [0, 0.1) is 5.92 Å². The first-order valence-corrected chi connectivity index (χ1v) is 4.94. The fraction of sp³-hybridized carbons (Fsp3) is 0.900. The molecule has 0 aromatic carbocycles. The Hall–Kier alpha value is -0.570. The Morgan fingerprint density at radius 3 is 2.69 bits per heavy atom. The van der Waals surface area contributed by atoms with Crippen molar-refractivity contribution < 1.29 is 14.6 Å². The highest BCUT2D eigenvalue weighted by Gasteiger charge is 2.39.